The number of rotatable bonds is 21. The predicted molar refractivity (Wildman–Crippen MR) is 397 cm³/mol. The molecular formula is C82H122N2O21. The highest BCUT2D eigenvalue weighted by Crippen LogP contribution is 2.32. The molecule has 2 saturated heterocycles. The van der Waals surface area contributed by atoms with Gasteiger partial charge in [-0.3, -0.25) is 44.2 Å². The second kappa shape index (κ2) is 47.7. The van der Waals surface area contributed by atoms with E-state index in [-0.39, 0.29) is 122 Å². The average molecular weight is 1470 g/mol. The first-order chi connectivity index (χ1) is 49.8. The normalized spacial score (nSPS) is 32.0. The first kappa shape index (κ1) is 90.4. The molecule has 5 aliphatic heterocycles. The number of esters is 3. The van der Waals surface area contributed by atoms with Gasteiger partial charge in [-0.15, -0.1) is 0 Å². The number of methoxy groups -OCH3 is 3. The lowest BCUT2D eigenvalue weighted by Crippen LogP contribution is -2.40. The van der Waals surface area contributed by atoms with Gasteiger partial charge >= 0.3 is 17.9 Å². The Kier molecular flexibility index (Phi) is 41.0. The number of amides is 4. The van der Waals surface area contributed by atoms with Crippen LogP contribution in [0.4, 0.5) is 0 Å². The summed E-state index contributed by atoms with van der Waals surface area (Å²) in [5.74, 6) is -6.41. The van der Waals surface area contributed by atoms with Gasteiger partial charge in [-0.1, -0.05) is 153 Å². The van der Waals surface area contributed by atoms with Crippen LogP contribution in [0.2, 0.25) is 0 Å². The van der Waals surface area contributed by atoms with Gasteiger partial charge in [0, 0.05) is 102 Å². The Balaban J connectivity index is 0.000000334. The first-order valence-corrected chi connectivity index (χ1v) is 37.7. The van der Waals surface area contributed by atoms with E-state index in [1.807, 2.05) is 65.0 Å². The Morgan fingerprint density at radius 3 is 1.06 bits per heavy atom. The molecule has 1 saturated carbocycles. The molecule has 0 aromatic heterocycles. The molecule has 0 radical (unpaired) electrons. The van der Waals surface area contributed by atoms with E-state index >= 15 is 0 Å². The standard InChI is InChI=1S/C28H44O5.2C27H39NO8/c1-20-19-21(2)28(22(3)24(29)16-12-15-23-13-8-7-9-14-23)33-26(30)18-11-6-5-10-17-25(32-4)27(20)31;2*1-16-11-17(2)27(36-25(33)10-8-6-5-7-9-22(35-4)26(16)34)18(3)21(30)15-20(29)12-19-13-23(31)28-24(32)14-19/h10-11,17-20,22-23,25,27-28,31H,5-9,12-16H2,1-4H3;2*7-11,16,18-20,22,26-27,29,34H,5-6,12-15H2,1-4H3,(H,28,31,32)/b17-10+,18-11+,21-19-;2*9-7+,10-8+,17-11-/t20-,22-,25+,27+,28+;16-,18-,20+,22+,26+,27+;16-,18-,20-,22+,26+,27+/m111/s1. The van der Waals surface area contributed by atoms with Gasteiger partial charge < -0.3 is 54.0 Å². The topological polar surface area (TPSA) is 351 Å². The number of Topliss-reactive ketones (excluding diaryl/α,β-unsaturated/α-hetero) is 3. The van der Waals surface area contributed by atoms with Crippen molar-refractivity contribution in [2.75, 3.05) is 21.3 Å². The summed E-state index contributed by atoms with van der Waals surface area (Å²) in [4.78, 5) is 123. The largest absolute Gasteiger partial charge is 0.454 e. The van der Waals surface area contributed by atoms with Gasteiger partial charge in [-0.05, 0) is 113 Å². The lowest BCUT2D eigenvalue weighted by molar-refractivity contribution is -0.147. The minimum Gasteiger partial charge on any atom is -0.454 e. The van der Waals surface area contributed by atoms with Crippen molar-refractivity contribution in [3.8, 4) is 0 Å². The number of hydrogen-bond donors (Lipinski definition) is 7. The van der Waals surface area contributed by atoms with Crippen LogP contribution in [0.25, 0.3) is 0 Å². The number of imide groups is 2. The van der Waals surface area contributed by atoms with Crippen molar-refractivity contribution in [1.29, 1.82) is 0 Å². The summed E-state index contributed by atoms with van der Waals surface area (Å²) in [7, 11) is 4.64. The van der Waals surface area contributed by atoms with Crippen LogP contribution in [-0.2, 0) is 76.4 Å². The molecule has 6 rings (SSSR count). The van der Waals surface area contributed by atoms with Crippen LogP contribution >= 0.6 is 0 Å². The fourth-order valence-electron chi connectivity index (χ4n) is 14.4. The molecule has 5 heterocycles. The highest BCUT2D eigenvalue weighted by Gasteiger charge is 2.37. The Labute approximate surface area is 621 Å². The maximum atomic E-state index is 13.1. The predicted octanol–water partition coefficient (Wildman–Crippen LogP) is 10.0. The van der Waals surface area contributed by atoms with Crippen LogP contribution in [0.15, 0.2) is 108 Å². The number of carbonyl (C=O) groups is 10. The molecule has 7 N–H and O–H groups in total. The van der Waals surface area contributed by atoms with E-state index in [1.165, 1.54) is 64.6 Å². The lowest BCUT2D eigenvalue weighted by atomic mass is 9.84. The van der Waals surface area contributed by atoms with Crippen molar-refractivity contribution in [1.82, 2.24) is 10.6 Å². The van der Waals surface area contributed by atoms with Crippen LogP contribution in [0.3, 0.4) is 0 Å². The summed E-state index contributed by atoms with van der Waals surface area (Å²) < 4.78 is 33.4. The van der Waals surface area contributed by atoms with Crippen molar-refractivity contribution in [2.24, 2.45) is 53.3 Å². The van der Waals surface area contributed by atoms with Gasteiger partial charge in [0.1, 0.15) is 54.0 Å². The van der Waals surface area contributed by atoms with Gasteiger partial charge in [-0.25, -0.2) is 14.4 Å². The minimum absolute atomic E-state index is 0.124. The molecule has 0 aromatic carbocycles. The summed E-state index contributed by atoms with van der Waals surface area (Å²) >= 11 is 0. The van der Waals surface area contributed by atoms with Crippen LogP contribution in [0.1, 0.15) is 204 Å². The van der Waals surface area contributed by atoms with Gasteiger partial charge in [0.25, 0.3) is 0 Å². The molecule has 23 heteroatoms. The van der Waals surface area contributed by atoms with Crippen LogP contribution < -0.4 is 10.6 Å². The Hall–Kier alpha value is -6.96. The summed E-state index contributed by atoms with van der Waals surface area (Å²) in [5.41, 5.74) is 1.99. The van der Waals surface area contributed by atoms with Crippen molar-refractivity contribution in [3.05, 3.63) is 108 Å². The first-order valence-electron chi connectivity index (χ1n) is 37.7. The zero-order valence-electron chi connectivity index (χ0n) is 64.0. The number of aliphatic hydroxyl groups is 5. The van der Waals surface area contributed by atoms with Gasteiger partial charge in [0.05, 0.1) is 48.3 Å². The number of aliphatic hydroxyl groups excluding tert-OH is 5. The quantitative estimate of drug-likeness (QED) is 0.0243. The molecule has 3 fully saturated rings. The molecular weight excluding hydrogens is 1350 g/mol. The summed E-state index contributed by atoms with van der Waals surface area (Å²) in [6, 6.07) is 0. The molecule has 0 bridgehead atoms. The Morgan fingerprint density at radius 1 is 0.457 bits per heavy atom. The van der Waals surface area contributed by atoms with E-state index < -0.39 is 103 Å². The number of carbonyl (C=O) groups excluding carboxylic acids is 10. The molecule has 0 spiro atoms. The minimum atomic E-state index is -1.03. The summed E-state index contributed by atoms with van der Waals surface area (Å²) in [5, 5.41) is 57.8. The summed E-state index contributed by atoms with van der Waals surface area (Å²) in [6.07, 6.45) is 31.0. The second-order valence-electron chi connectivity index (χ2n) is 29.5. The molecule has 17 atom stereocenters. The van der Waals surface area contributed by atoms with Gasteiger partial charge in [-0.2, -0.15) is 0 Å². The van der Waals surface area contributed by atoms with Crippen LogP contribution in [-0.4, -0.2) is 173 Å². The Bertz CT molecular complexity index is 2960. The summed E-state index contributed by atoms with van der Waals surface area (Å²) in [6.45, 7) is 16.0. The smallest absolute Gasteiger partial charge is 0.331 e. The van der Waals surface area contributed by atoms with E-state index in [0.717, 1.165) is 30.8 Å². The molecule has 0 aromatic rings. The van der Waals surface area contributed by atoms with Crippen LogP contribution in [0, 0.1) is 53.3 Å². The van der Waals surface area contributed by atoms with Crippen molar-refractivity contribution >= 4 is 58.9 Å². The van der Waals surface area contributed by atoms with Crippen molar-refractivity contribution < 1.29 is 102 Å². The molecule has 6 aliphatic rings. The highest BCUT2D eigenvalue weighted by molar-refractivity contribution is 5.98. The molecule has 23 nitrogen and oxygen atoms in total. The SMILES string of the molecule is CO[C@H]1/C=C/CC/C=C/C(=O)O[C@H]([C@H](C)C(=O)CCCC2CCCCC2)/C(C)=C\[C@@H](C)[C@@H]1O.CO[C@H]1/C=C/CC/C=C/C(=O)O[C@H]([C@H](C)C(=O)C[C@@H](O)CC2CC(=O)NC(=O)C2)/C(C)=C\[C@@H](C)[C@@H]1O.CO[C@H]1/C=C/CC/C=C/C(=O)O[C@H]([C@H](C)C(=O)C[C@H](O)CC2CC(=O)NC(=O)C2)/C(C)=C\[C@@H](C)[C@@H]1O. The highest BCUT2D eigenvalue weighted by atomic mass is 16.6. The fourth-order valence-corrected chi connectivity index (χ4v) is 14.4. The van der Waals surface area contributed by atoms with Gasteiger partial charge in [0.15, 0.2) is 0 Å². The number of allylic oxidation sites excluding steroid dienone is 6. The van der Waals surface area contributed by atoms with E-state index in [9.17, 15) is 73.5 Å². The van der Waals surface area contributed by atoms with Crippen LogP contribution in [0.5, 0.6) is 0 Å². The monoisotopic (exact) mass is 1470 g/mol. The lowest BCUT2D eigenvalue weighted by Gasteiger charge is -2.28. The molecule has 105 heavy (non-hydrogen) atoms. The number of ketones is 3. The second-order valence-corrected chi connectivity index (χ2v) is 29.5. The molecule has 1 aliphatic carbocycles. The molecule has 586 valence electrons. The van der Waals surface area contributed by atoms with E-state index in [0.29, 0.717) is 49.7 Å². The van der Waals surface area contributed by atoms with Crippen molar-refractivity contribution in [2.45, 2.75) is 271 Å². The third kappa shape index (κ3) is 32.6. The van der Waals surface area contributed by atoms with E-state index in [1.54, 1.807) is 77.3 Å². The van der Waals surface area contributed by atoms with E-state index in [4.69, 9.17) is 28.4 Å². The number of piperidine rings is 2. The molecule has 0 unspecified atom stereocenters. The fraction of sp³-hybridized carbons (Fsp3) is 0.659. The zero-order valence-corrected chi connectivity index (χ0v) is 64.0. The van der Waals surface area contributed by atoms with E-state index in [2.05, 4.69) is 10.6 Å². The number of hydrogen-bond acceptors (Lipinski definition) is 21. The zero-order chi connectivity index (χ0) is 77.9. The molecule has 4 amide bonds. The Morgan fingerprint density at radius 2 is 0.752 bits per heavy atom. The third-order valence-corrected chi connectivity index (χ3v) is 20.5. The average Bonchev–Trinajstić information content (AvgIpc) is 0.857. The van der Waals surface area contributed by atoms with Crippen molar-refractivity contribution in [3.63, 3.8) is 0 Å². The maximum Gasteiger partial charge on any atom is 0.331 e. The number of ether oxygens (including phenoxy) is 6. The number of nitrogens with one attached hydrogen (secondary N) is 2. The van der Waals surface area contributed by atoms with Gasteiger partial charge in [0.2, 0.25) is 23.6 Å². The maximum absolute atomic E-state index is 13.1. The number of cyclic esters (lactones) is 3. The third-order valence-electron chi connectivity index (χ3n) is 20.5.